The largest absolute Gasteiger partial charge is 0.242 e. The Balaban J connectivity index is 2.45. The molecule has 92 valence electrons. The number of hydrogen-bond donors (Lipinski definition) is 0. The molecule has 0 fully saturated rings. The molecule has 0 saturated heterocycles. The van der Waals surface area contributed by atoms with Crippen molar-refractivity contribution in [2.24, 2.45) is 4.99 Å². The number of rotatable bonds is 3. The van der Waals surface area contributed by atoms with Gasteiger partial charge in [-0.25, -0.2) is 9.48 Å². The van der Waals surface area contributed by atoms with Crippen molar-refractivity contribution in [2.45, 2.75) is 26.7 Å². The summed E-state index contributed by atoms with van der Waals surface area (Å²) in [7, 11) is 0. The summed E-state index contributed by atoms with van der Waals surface area (Å²) in [6, 6.07) is 9.83. The molecular formula is C14H15N3O. The van der Waals surface area contributed by atoms with Gasteiger partial charge in [0.25, 0.3) is 0 Å². The first-order chi connectivity index (χ1) is 8.61. The molecule has 2 aromatic rings. The molecule has 0 spiro atoms. The minimum atomic E-state index is 0.492. The van der Waals surface area contributed by atoms with Crippen molar-refractivity contribution < 1.29 is 4.79 Å². The summed E-state index contributed by atoms with van der Waals surface area (Å²) in [6.07, 6.45) is 1.55. The average Bonchev–Trinajstić information content (AvgIpc) is 2.71. The quantitative estimate of drug-likeness (QED) is 0.611. The van der Waals surface area contributed by atoms with Crippen molar-refractivity contribution in [3.63, 3.8) is 0 Å². The zero-order chi connectivity index (χ0) is 13.1. The highest BCUT2D eigenvalue weighted by atomic mass is 16.1. The maximum atomic E-state index is 10.4. The van der Waals surface area contributed by atoms with Gasteiger partial charge >= 0.3 is 0 Å². The van der Waals surface area contributed by atoms with E-state index in [1.165, 1.54) is 5.56 Å². The second kappa shape index (κ2) is 4.98. The highest BCUT2D eigenvalue weighted by Gasteiger charge is 2.07. The van der Waals surface area contributed by atoms with Crippen molar-refractivity contribution in [1.29, 1.82) is 0 Å². The molecule has 1 heterocycles. The van der Waals surface area contributed by atoms with Gasteiger partial charge in [0, 0.05) is 6.07 Å². The second-order valence-corrected chi connectivity index (χ2v) is 4.51. The first-order valence-corrected chi connectivity index (χ1v) is 5.86. The summed E-state index contributed by atoms with van der Waals surface area (Å²) in [5.41, 5.74) is 2.97. The van der Waals surface area contributed by atoms with Gasteiger partial charge in [0.15, 0.2) is 5.82 Å². The molecule has 0 aliphatic heterocycles. The smallest absolute Gasteiger partial charge is 0.214 e. The first kappa shape index (κ1) is 12.3. The Labute approximate surface area is 106 Å². The molecule has 1 aromatic carbocycles. The molecule has 18 heavy (non-hydrogen) atoms. The normalized spacial score (nSPS) is 10.4. The fourth-order valence-electron chi connectivity index (χ4n) is 1.80. The van der Waals surface area contributed by atoms with Crippen LogP contribution in [0.5, 0.6) is 0 Å². The molecule has 0 unspecified atom stereocenters. The van der Waals surface area contributed by atoms with Gasteiger partial charge in [0.2, 0.25) is 6.08 Å². The third-order valence-electron chi connectivity index (χ3n) is 2.78. The molecule has 0 aliphatic carbocycles. The lowest BCUT2D eigenvalue weighted by Gasteiger charge is -2.07. The standard InChI is InChI=1S/C14H15N3O/c1-10(2)12-4-6-13(7-5-12)17-14(15-9-18)8-11(3)16-17/h4-8,10H,1-3H3. The topological polar surface area (TPSA) is 47.2 Å². The number of isocyanates is 1. The Hall–Kier alpha value is -2.19. The Kier molecular flexibility index (Phi) is 3.40. The predicted octanol–water partition coefficient (Wildman–Crippen LogP) is 3.27. The zero-order valence-corrected chi connectivity index (χ0v) is 10.7. The van der Waals surface area contributed by atoms with Crippen LogP contribution in [-0.4, -0.2) is 15.9 Å². The van der Waals surface area contributed by atoms with Gasteiger partial charge in [-0.3, -0.25) is 0 Å². The Morgan fingerprint density at radius 1 is 1.28 bits per heavy atom. The average molecular weight is 241 g/mol. The van der Waals surface area contributed by atoms with Gasteiger partial charge in [-0.15, -0.1) is 4.99 Å². The monoisotopic (exact) mass is 241 g/mol. The number of benzene rings is 1. The molecule has 0 amide bonds. The van der Waals surface area contributed by atoms with Gasteiger partial charge in [-0.05, 0) is 30.5 Å². The number of hydrogen-bond acceptors (Lipinski definition) is 3. The molecule has 4 nitrogen and oxygen atoms in total. The van der Waals surface area contributed by atoms with Crippen molar-refractivity contribution >= 4 is 11.9 Å². The predicted molar refractivity (Wildman–Crippen MR) is 70.2 cm³/mol. The van der Waals surface area contributed by atoms with Gasteiger partial charge < -0.3 is 0 Å². The van der Waals surface area contributed by atoms with E-state index in [0.717, 1.165) is 11.4 Å². The van der Waals surface area contributed by atoms with Crippen LogP contribution in [0.1, 0.15) is 31.0 Å². The van der Waals surface area contributed by atoms with E-state index >= 15 is 0 Å². The molecule has 0 atom stereocenters. The van der Waals surface area contributed by atoms with Crippen LogP contribution in [0.25, 0.3) is 5.69 Å². The third kappa shape index (κ3) is 2.39. The van der Waals surface area contributed by atoms with E-state index in [9.17, 15) is 4.79 Å². The maximum Gasteiger partial charge on any atom is 0.242 e. The van der Waals surface area contributed by atoms with E-state index in [0.29, 0.717) is 11.7 Å². The molecule has 2 rings (SSSR count). The van der Waals surface area contributed by atoms with Crippen molar-refractivity contribution in [3.05, 3.63) is 41.6 Å². The molecule has 0 bridgehead atoms. The zero-order valence-electron chi connectivity index (χ0n) is 10.7. The molecule has 0 radical (unpaired) electrons. The molecule has 0 saturated carbocycles. The Morgan fingerprint density at radius 2 is 1.94 bits per heavy atom. The van der Waals surface area contributed by atoms with Crippen LogP contribution in [0.4, 0.5) is 5.82 Å². The van der Waals surface area contributed by atoms with E-state index in [1.807, 2.05) is 19.1 Å². The van der Waals surface area contributed by atoms with Crippen LogP contribution in [0.3, 0.4) is 0 Å². The third-order valence-corrected chi connectivity index (χ3v) is 2.78. The number of nitrogens with zero attached hydrogens (tertiary/aromatic N) is 3. The van der Waals surface area contributed by atoms with Gasteiger partial charge in [0.1, 0.15) is 0 Å². The molecule has 4 heteroatoms. The van der Waals surface area contributed by atoms with E-state index in [4.69, 9.17) is 0 Å². The van der Waals surface area contributed by atoms with Crippen molar-refractivity contribution in [3.8, 4) is 5.69 Å². The minimum Gasteiger partial charge on any atom is -0.214 e. The molecule has 0 aliphatic rings. The van der Waals surface area contributed by atoms with Gasteiger partial charge in [-0.1, -0.05) is 26.0 Å². The number of carbonyl (C=O) groups excluding carboxylic acids is 1. The van der Waals surface area contributed by atoms with Crippen LogP contribution < -0.4 is 0 Å². The van der Waals surface area contributed by atoms with E-state index in [-0.39, 0.29) is 0 Å². The summed E-state index contributed by atoms with van der Waals surface area (Å²) in [4.78, 5) is 14.0. The highest BCUT2D eigenvalue weighted by Crippen LogP contribution is 2.21. The fourth-order valence-corrected chi connectivity index (χ4v) is 1.80. The summed E-state index contributed by atoms with van der Waals surface area (Å²) >= 11 is 0. The van der Waals surface area contributed by atoms with E-state index < -0.39 is 0 Å². The SMILES string of the molecule is Cc1cc(N=C=O)n(-c2ccc(C(C)C)cc2)n1. The fraction of sp³-hybridized carbons (Fsp3) is 0.286. The van der Waals surface area contributed by atoms with Crippen molar-refractivity contribution in [2.75, 3.05) is 0 Å². The number of aliphatic imine (C=N–C) groups is 1. The van der Waals surface area contributed by atoms with E-state index in [1.54, 1.807) is 16.8 Å². The van der Waals surface area contributed by atoms with E-state index in [2.05, 4.69) is 36.1 Å². The van der Waals surface area contributed by atoms with Gasteiger partial charge in [-0.2, -0.15) is 5.10 Å². The minimum absolute atomic E-state index is 0.492. The lowest BCUT2D eigenvalue weighted by atomic mass is 10.0. The first-order valence-electron chi connectivity index (χ1n) is 5.86. The van der Waals surface area contributed by atoms with Crippen LogP contribution >= 0.6 is 0 Å². The highest BCUT2D eigenvalue weighted by molar-refractivity contribution is 5.50. The van der Waals surface area contributed by atoms with Crippen LogP contribution in [0.15, 0.2) is 35.3 Å². The number of aryl methyl sites for hydroxylation is 1. The summed E-state index contributed by atoms with van der Waals surface area (Å²) < 4.78 is 1.64. The van der Waals surface area contributed by atoms with Crippen LogP contribution in [0, 0.1) is 6.92 Å². The molecule has 1 aromatic heterocycles. The Morgan fingerprint density at radius 3 is 2.50 bits per heavy atom. The lowest BCUT2D eigenvalue weighted by Crippen LogP contribution is -1.97. The summed E-state index contributed by atoms with van der Waals surface area (Å²) in [5.74, 6) is 0.991. The maximum absolute atomic E-state index is 10.4. The summed E-state index contributed by atoms with van der Waals surface area (Å²) in [6.45, 7) is 6.16. The second-order valence-electron chi connectivity index (χ2n) is 4.51. The van der Waals surface area contributed by atoms with Crippen LogP contribution in [-0.2, 0) is 4.79 Å². The Bertz CT molecular complexity index is 590. The van der Waals surface area contributed by atoms with Crippen LogP contribution in [0.2, 0.25) is 0 Å². The lowest BCUT2D eigenvalue weighted by molar-refractivity contribution is 0.565. The number of aromatic nitrogens is 2. The van der Waals surface area contributed by atoms with Crippen molar-refractivity contribution in [1.82, 2.24) is 9.78 Å². The summed E-state index contributed by atoms with van der Waals surface area (Å²) in [5, 5.41) is 4.32. The van der Waals surface area contributed by atoms with Gasteiger partial charge in [0.05, 0.1) is 11.4 Å². The molecule has 0 N–H and O–H groups in total. The molecular weight excluding hydrogens is 226 g/mol.